The molecule has 116 valence electrons. The zero-order valence-electron chi connectivity index (χ0n) is 11.8. The summed E-state index contributed by atoms with van der Waals surface area (Å²) < 4.78 is 26.8. The van der Waals surface area contributed by atoms with Crippen molar-refractivity contribution in [2.45, 2.75) is 19.3 Å². The highest BCUT2D eigenvalue weighted by molar-refractivity contribution is 5.74. The van der Waals surface area contributed by atoms with Gasteiger partial charge in [-0.2, -0.15) is 0 Å². The lowest BCUT2D eigenvalue weighted by atomic mass is 9.98. The van der Waals surface area contributed by atoms with Crippen LogP contribution in [-0.2, 0) is 6.42 Å². The second-order valence-corrected chi connectivity index (χ2v) is 5.30. The Morgan fingerprint density at radius 1 is 1.29 bits per heavy atom. The van der Waals surface area contributed by atoms with Gasteiger partial charge in [-0.1, -0.05) is 6.07 Å². The molecule has 0 unspecified atom stereocenters. The maximum absolute atomic E-state index is 13.4. The molecule has 2 amide bonds. The number of aliphatic hydroxyl groups excluding tert-OH is 1. The van der Waals surface area contributed by atoms with Crippen LogP contribution in [0.5, 0.6) is 0 Å². The number of piperidine rings is 1. The largest absolute Gasteiger partial charge is 0.396 e. The Balaban J connectivity index is 1.77. The van der Waals surface area contributed by atoms with E-state index in [4.69, 9.17) is 5.11 Å². The normalized spacial score (nSPS) is 16.0. The molecule has 4 nitrogen and oxygen atoms in total. The molecule has 0 atom stereocenters. The summed E-state index contributed by atoms with van der Waals surface area (Å²) in [6, 6.07) is 3.51. The number of benzene rings is 1. The predicted molar refractivity (Wildman–Crippen MR) is 74.8 cm³/mol. The predicted octanol–water partition coefficient (Wildman–Crippen LogP) is 1.92. The molecule has 0 aliphatic carbocycles. The van der Waals surface area contributed by atoms with E-state index in [9.17, 15) is 13.6 Å². The first-order valence-corrected chi connectivity index (χ1v) is 7.18. The van der Waals surface area contributed by atoms with Crippen molar-refractivity contribution in [3.05, 3.63) is 35.4 Å². The summed E-state index contributed by atoms with van der Waals surface area (Å²) in [4.78, 5) is 13.6. The van der Waals surface area contributed by atoms with E-state index in [1.165, 1.54) is 18.2 Å². The highest BCUT2D eigenvalue weighted by Gasteiger charge is 2.22. The Hall–Kier alpha value is -1.69. The summed E-state index contributed by atoms with van der Waals surface area (Å²) in [5.41, 5.74) is -0.00297. The lowest BCUT2D eigenvalue weighted by molar-refractivity contribution is 0.137. The molecule has 1 aliphatic heterocycles. The molecule has 0 aromatic heterocycles. The average molecular weight is 298 g/mol. The smallest absolute Gasteiger partial charge is 0.317 e. The van der Waals surface area contributed by atoms with Gasteiger partial charge >= 0.3 is 6.03 Å². The molecule has 6 heteroatoms. The number of nitrogens with zero attached hydrogens (tertiary/aromatic N) is 1. The summed E-state index contributed by atoms with van der Waals surface area (Å²) in [5, 5.41) is 11.7. The van der Waals surface area contributed by atoms with Gasteiger partial charge in [0.15, 0.2) is 0 Å². The summed E-state index contributed by atoms with van der Waals surface area (Å²) in [6.45, 7) is 1.55. The van der Waals surface area contributed by atoms with Gasteiger partial charge in [0.1, 0.15) is 11.6 Å². The number of urea groups is 1. The lowest BCUT2D eigenvalue weighted by Gasteiger charge is -2.31. The summed E-state index contributed by atoms with van der Waals surface area (Å²) in [5.74, 6) is -0.914. The fourth-order valence-corrected chi connectivity index (χ4v) is 2.50. The van der Waals surface area contributed by atoms with E-state index in [1.54, 1.807) is 4.90 Å². The number of rotatable bonds is 4. The van der Waals surface area contributed by atoms with E-state index in [0.717, 1.165) is 12.8 Å². The Morgan fingerprint density at radius 2 is 1.90 bits per heavy atom. The van der Waals surface area contributed by atoms with E-state index in [0.29, 0.717) is 13.1 Å². The van der Waals surface area contributed by atoms with Gasteiger partial charge in [0, 0.05) is 31.8 Å². The van der Waals surface area contributed by atoms with Crippen LogP contribution in [0.1, 0.15) is 18.4 Å². The van der Waals surface area contributed by atoms with E-state index in [2.05, 4.69) is 5.32 Å². The van der Waals surface area contributed by atoms with E-state index in [1.807, 2.05) is 0 Å². The summed E-state index contributed by atoms with van der Waals surface area (Å²) in [6.07, 6.45) is 1.69. The lowest BCUT2D eigenvalue weighted by Crippen LogP contribution is -2.45. The topological polar surface area (TPSA) is 52.6 Å². The van der Waals surface area contributed by atoms with Crippen molar-refractivity contribution in [1.82, 2.24) is 10.2 Å². The van der Waals surface area contributed by atoms with Crippen LogP contribution in [-0.4, -0.2) is 42.3 Å². The van der Waals surface area contributed by atoms with Crippen molar-refractivity contribution < 1.29 is 18.7 Å². The number of amides is 2. The molecular weight excluding hydrogens is 278 g/mol. The molecule has 0 bridgehead atoms. The first-order valence-electron chi connectivity index (χ1n) is 7.18. The van der Waals surface area contributed by atoms with Crippen molar-refractivity contribution >= 4 is 6.03 Å². The van der Waals surface area contributed by atoms with Gasteiger partial charge in [-0.15, -0.1) is 0 Å². The maximum Gasteiger partial charge on any atom is 0.317 e. The number of nitrogens with one attached hydrogen (secondary N) is 1. The summed E-state index contributed by atoms with van der Waals surface area (Å²) >= 11 is 0. The average Bonchev–Trinajstić information content (AvgIpc) is 2.50. The third-order valence-electron chi connectivity index (χ3n) is 3.87. The fourth-order valence-electron chi connectivity index (χ4n) is 2.50. The molecule has 1 fully saturated rings. The Labute approximate surface area is 122 Å². The third kappa shape index (κ3) is 4.14. The van der Waals surface area contributed by atoms with Gasteiger partial charge in [0.05, 0.1) is 0 Å². The molecular formula is C15H20F2N2O2. The van der Waals surface area contributed by atoms with Crippen LogP contribution in [0.25, 0.3) is 0 Å². The van der Waals surface area contributed by atoms with Crippen LogP contribution < -0.4 is 5.32 Å². The van der Waals surface area contributed by atoms with Gasteiger partial charge in [-0.25, -0.2) is 13.6 Å². The standard InChI is InChI=1S/C15H20F2N2O2/c16-13-2-1-3-14(17)12(13)4-7-18-15(21)19-8-5-11(10-20)6-9-19/h1-3,11,20H,4-10H2,(H,18,21). The zero-order valence-corrected chi connectivity index (χ0v) is 11.8. The van der Waals surface area contributed by atoms with Crippen LogP contribution in [0.3, 0.4) is 0 Å². The number of carbonyl (C=O) groups excluding carboxylic acids is 1. The molecule has 1 heterocycles. The van der Waals surface area contributed by atoms with E-state index in [-0.39, 0.29) is 37.1 Å². The molecule has 1 aliphatic rings. The SMILES string of the molecule is O=C(NCCc1c(F)cccc1F)N1CCC(CO)CC1. The molecule has 1 aromatic rings. The quantitative estimate of drug-likeness (QED) is 0.892. The van der Waals surface area contributed by atoms with Crippen molar-refractivity contribution in [2.75, 3.05) is 26.2 Å². The maximum atomic E-state index is 13.4. The zero-order chi connectivity index (χ0) is 15.2. The molecule has 1 saturated heterocycles. The van der Waals surface area contributed by atoms with Crippen molar-refractivity contribution in [3.8, 4) is 0 Å². The number of halogens is 2. The number of hydrogen-bond acceptors (Lipinski definition) is 2. The van der Waals surface area contributed by atoms with Crippen molar-refractivity contribution in [2.24, 2.45) is 5.92 Å². The monoisotopic (exact) mass is 298 g/mol. The number of carbonyl (C=O) groups is 1. The van der Waals surface area contributed by atoms with Crippen molar-refractivity contribution in [1.29, 1.82) is 0 Å². The number of likely N-dealkylation sites (tertiary alicyclic amines) is 1. The minimum absolute atomic E-state index is 0.00297. The van der Waals surface area contributed by atoms with Crippen LogP contribution in [0.4, 0.5) is 13.6 Å². The Kier molecular flexibility index (Phi) is 5.50. The first kappa shape index (κ1) is 15.7. The third-order valence-corrected chi connectivity index (χ3v) is 3.87. The van der Waals surface area contributed by atoms with Crippen LogP contribution in [0.2, 0.25) is 0 Å². The highest BCUT2D eigenvalue weighted by atomic mass is 19.1. The molecule has 21 heavy (non-hydrogen) atoms. The first-order chi connectivity index (χ1) is 10.1. The summed E-state index contributed by atoms with van der Waals surface area (Å²) in [7, 11) is 0. The Morgan fingerprint density at radius 3 is 2.48 bits per heavy atom. The van der Waals surface area contributed by atoms with E-state index >= 15 is 0 Å². The minimum atomic E-state index is -0.590. The fraction of sp³-hybridized carbons (Fsp3) is 0.533. The van der Waals surface area contributed by atoms with E-state index < -0.39 is 11.6 Å². The van der Waals surface area contributed by atoms with Gasteiger partial charge in [0.2, 0.25) is 0 Å². The molecule has 2 rings (SSSR count). The Bertz CT molecular complexity index is 468. The van der Waals surface area contributed by atoms with Gasteiger partial charge in [0.25, 0.3) is 0 Å². The van der Waals surface area contributed by atoms with Gasteiger partial charge in [-0.3, -0.25) is 0 Å². The minimum Gasteiger partial charge on any atom is -0.396 e. The van der Waals surface area contributed by atoms with Crippen LogP contribution in [0.15, 0.2) is 18.2 Å². The van der Waals surface area contributed by atoms with Crippen LogP contribution in [0, 0.1) is 17.6 Å². The van der Waals surface area contributed by atoms with Crippen LogP contribution >= 0.6 is 0 Å². The number of hydrogen-bond donors (Lipinski definition) is 2. The highest BCUT2D eigenvalue weighted by Crippen LogP contribution is 2.16. The molecule has 1 aromatic carbocycles. The van der Waals surface area contributed by atoms with Gasteiger partial charge in [-0.05, 0) is 37.3 Å². The molecule has 0 spiro atoms. The van der Waals surface area contributed by atoms with Crippen molar-refractivity contribution in [3.63, 3.8) is 0 Å². The molecule has 0 radical (unpaired) electrons. The van der Waals surface area contributed by atoms with Gasteiger partial charge < -0.3 is 15.3 Å². The second-order valence-electron chi connectivity index (χ2n) is 5.30. The number of aliphatic hydroxyl groups is 1. The molecule has 2 N–H and O–H groups in total. The molecule has 0 saturated carbocycles. The second kappa shape index (κ2) is 7.36.